The minimum atomic E-state index is -1.48. The Labute approximate surface area is 101 Å². The summed E-state index contributed by atoms with van der Waals surface area (Å²) in [6, 6.07) is 4.77. The molecule has 0 saturated heterocycles. The number of carbonyl (C=O) groups is 1. The van der Waals surface area contributed by atoms with E-state index >= 15 is 0 Å². The first kappa shape index (κ1) is 13.6. The van der Waals surface area contributed by atoms with E-state index < -0.39 is 5.67 Å². The molecular formula is C13H18FNO2. The largest absolute Gasteiger partial charge is 0.496 e. The lowest BCUT2D eigenvalue weighted by Crippen LogP contribution is -2.13. The molecule has 0 aliphatic heterocycles. The molecule has 0 aliphatic rings. The first-order valence-corrected chi connectivity index (χ1v) is 5.51. The SMILES string of the molecule is COc1ccc(C(C)(C)F)cc1C(=O)CCN. The highest BCUT2D eigenvalue weighted by molar-refractivity contribution is 5.99. The Balaban J connectivity index is 3.20. The summed E-state index contributed by atoms with van der Waals surface area (Å²) in [6.07, 6.45) is 0.229. The topological polar surface area (TPSA) is 52.3 Å². The van der Waals surface area contributed by atoms with Gasteiger partial charge in [0, 0.05) is 6.42 Å². The van der Waals surface area contributed by atoms with Gasteiger partial charge in [0.05, 0.1) is 12.7 Å². The average molecular weight is 239 g/mol. The van der Waals surface area contributed by atoms with E-state index in [4.69, 9.17) is 10.5 Å². The Morgan fingerprint density at radius 1 is 1.47 bits per heavy atom. The number of methoxy groups -OCH3 is 1. The van der Waals surface area contributed by atoms with Crippen LogP contribution in [0.1, 0.15) is 36.2 Å². The van der Waals surface area contributed by atoms with Crippen molar-refractivity contribution in [2.75, 3.05) is 13.7 Å². The lowest BCUT2D eigenvalue weighted by atomic mass is 9.95. The second-order valence-corrected chi connectivity index (χ2v) is 4.35. The van der Waals surface area contributed by atoms with Crippen LogP contribution in [0.25, 0.3) is 0 Å². The Kier molecular flexibility index (Phi) is 4.23. The zero-order valence-corrected chi connectivity index (χ0v) is 10.4. The molecule has 94 valence electrons. The molecule has 0 spiro atoms. The molecule has 3 nitrogen and oxygen atoms in total. The van der Waals surface area contributed by atoms with Gasteiger partial charge in [-0.2, -0.15) is 0 Å². The number of ketones is 1. The highest BCUT2D eigenvalue weighted by atomic mass is 19.1. The number of rotatable bonds is 5. The van der Waals surface area contributed by atoms with Gasteiger partial charge in [-0.05, 0) is 38.1 Å². The summed E-state index contributed by atoms with van der Waals surface area (Å²) in [5.74, 6) is 0.326. The number of benzene rings is 1. The monoisotopic (exact) mass is 239 g/mol. The third-order valence-electron chi connectivity index (χ3n) is 2.56. The summed E-state index contributed by atoms with van der Waals surface area (Å²) in [5, 5.41) is 0. The zero-order valence-electron chi connectivity index (χ0n) is 10.4. The second kappa shape index (κ2) is 5.27. The lowest BCUT2D eigenvalue weighted by molar-refractivity contribution is 0.0982. The number of nitrogens with two attached hydrogens (primary N) is 1. The van der Waals surface area contributed by atoms with E-state index in [1.54, 1.807) is 12.1 Å². The fourth-order valence-electron chi connectivity index (χ4n) is 1.56. The van der Waals surface area contributed by atoms with Crippen molar-refractivity contribution in [3.63, 3.8) is 0 Å². The van der Waals surface area contributed by atoms with Gasteiger partial charge in [-0.1, -0.05) is 6.07 Å². The highest BCUT2D eigenvalue weighted by Crippen LogP contribution is 2.29. The Morgan fingerprint density at radius 2 is 2.12 bits per heavy atom. The zero-order chi connectivity index (χ0) is 13.1. The number of hydrogen-bond acceptors (Lipinski definition) is 3. The van der Waals surface area contributed by atoms with E-state index in [0.717, 1.165) is 0 Å². The quantitative estimate of drug-likeness (QED) is 0.803. The van der Waals surface area contributed by atoms with Crippen LogP contribution < -0.4 is 10.5 Å². The molecule has 2 N–H and O–H groups in total. The van der Waals surface area contributed by atoms with E-state index in [1.807, 2.05) is 0 Å². The first-order chi connectivity index (χ1) is 7.90. The predicted octanol–water partition coefficient (Wildman–Crippen LogP) is 2.43. The Bertz CT molecular complexity index is 410. The van der Waals surface area contributed by atoms with Gasteiger partial charge >= 0.3 is 0 Å². The van der Waals surface area contributed by atoms with Crippen LogP contribution in [0.15, 0.2) is 18.2 Å². The van der Waals surface area contributed by atoms with Crippen molar-refractivity contribution < 1.29 is 13.9 Å². The molecule has 1 rings (SSSR count). The van der Waals surface area contributed by atoms with Crippen LogP contribution in [0.2, 0.25) is 0 Å². The van der Waals surface area contributed by atoms with Crippen molar-refractivity contribution in [1.29, 1.82) is 0 Å². The third-order valence-corrected chi connectivity index (χ3v) is 2.56. The van der Waals surface area contributed by atoms with Crippen LogP contribution in [0.5, 0.6) is 5.75 Å². The van der Waals surface area contributed by atoms with Gasteiger partial charge in [-0.15, -0.1) is 0 Å². The molecule has 17 heavy (non-hydrogen) atoms. The number of ether oxygens (including phenoxy) is 1. The molecule has 0 aromatic heterocycles. The van der Waals surface area contributed by atoms with Crippen molar-refractivity contribution in [2.24, 2.45) is 5.73 Å². The molecule has 1 aromatic rings. The van der Waals surface area contributed by atoms with Crippen LogP contribution in [0, 0.1) is 0 Å². The van der Waals surface area contributed by atoms with Gasteiger partial charge in [-0.25, -0.2) is 4.39 Å². The van der Waals surface area contributed by atoms with Gasteiger partial charge in [0.25, 0.3) is 0 Å². The number of Topliss-reactive ketones (excluding diaryl/α,β-unsaturated/α-hetero) is 1. The van der Waals surface area contributed by atoms with Crippen LogP contribution >= 0.6 is 0 Å². The molecular weight excluding hydrogens is 221 g/mol. The fourth-order valence-corrected chi connectivity index (χ4v) is 1.56. The van der Waals surface area contributed by atoms with Gasteiger partial charge < -0.3 is 10.5 Å². The Morgan fingerprint density at radius 3 is 2.59 bits per heavy atom. The van der Waals surface area contributed by atoms with Crippen LogP contribution in [-0.4, -0.2) is 19.4 Å². The molecule has 0 heterocycles. The molecule has 0 atom stereocenters. The normalized spacial score (nSPS) is 11.4. The first-order valence-electron chi connectivity index (χ1n) is 5.51. The molecule has 0 radical (unpaired) electrons. The summed E-state index contributed by atoms with van der Waals surface area (Å²) < 4.78 is 18.9. The van der Waals surface area contributed by atoms with Gasteiger partial charge in [-0.3, -0.25) is 4.79 Å². The Hall–Kier alpha value is -1.42. The molecule has 0 aliphatic carbocycles. The molecule has 0 unspecified atom stereocenters. The summed E-state index contributed by atoms with van der Waals surface area (Å²) >= 11 is 0. The summed E-state index contributed by atoms with van der Waals surface area (Å²) in [7, 11) is 1.48. The van der Waals surface area contributed by atoms with E-state index in [-0.39, 0.29) is 18.7 Å². The summed E-state index contributed by atoms with van der Waals surface area (Å²) in [4.78, 5) is 11.8. The standard InChI is InChI=1S/C13H18FNO2/c1-13(2,14)9-4-5-12(17-3)10(8-9)11(16)6-7-15/h4-5,8H,6-7,15H2,1-3H3. The van der Waals surface area contributed by atoms with Crippen molar-refractivity contribution in [3.8, 4) is 5.75 Å². The molecule has 1 aromatic carbocycles. The molecule has 0 amide bonds. The average Bonchev–Trinajstić information content (AvgIpc) is 2.27. The minimum Gasteiger partial charge on any atom is -0.496 e. The lowest BCUT2D eigenvalue weighted by Gasteiger charge is -2.17. The van der Waals surface area contributed by atoms with E-state index in [0.29, 0.717) is 16.9 Å². The van der Waals surface area contributed by atoms with E-state index in [1.165, 1.54) is 27.0 Å². The van der Waals surface area contributed by atoms with Gasteiger partial charge in [0.15, 0.2) is 5.78 Å². The van der Waals surface area contributed by atoms with Gasteiger partial charge in [0.2, 0.25) is 0 Å². The molecule has 0 saturated carbocycles. The predicted molar refractivity (Wildman–Crippen MR) is 65.1 cm³/mol. The molecule has 0 fully saturated rings. The van der Waals surface area contributed by atoms with Crippen molar-refractivity contribution >= 4 is 5.78 Å². The van der Waals surface area contributed by atoms with Crippen LogP contribution in [0.4, 0.5) is 4.39 Å². The van der Waals surface area contributed by atoms with Crippen LogP contribution in [0.3, 0.4) is 0 Å². The summed E-state index contributed by atoms with van der Waals surface area (Å²) in [6.45, 7) is 3.17. The second-order valence-electron chi connectivity index (χ2n) is 4.35. The smallest absolute Gasteiger partial charge is 0.167 e. The van der Waals surface area contributed by atoms with Crippen molar-refractivity contribution in [1.82, 2.24) is 0 Å². The number of halogens is 1. The molecule has 4 heteroatoms. The summed E-state index contributed by atoms with van der Waals surface area (Å²) in [5.41, 5.74) is 4.71. The number of hydrogen-bond donors (Lipinski definition) is 1. The highest BCUT2D eigenvalue weighted by Gasteiger charge is 2.22. The van der Waals surface area contributed by atoms with Crippen molar-refractivity contribution in [2.45, 2.75) is 25.9 Å². The maximum absolute atomic E-state index is 13.8. The third kappa shape index (κ3) is 3.27. The number of carbonyl (C=O) groups excluding carboxylic acids is 1. The fraction of sp³-hybridized carbons (Fsp3) is 0.462. The maximum atomic E-state index is 13.8. The number of alkyl halides is 1. The van der Waals surface area contributed by atoms with E-state index in [2.05, 4.69) is 0 Å². The van der Waals surface area contributed by atoms with Gasteiger partial charge in [0.1, 0.15) is 11.4 Å². The maximum Gasteiger partial charge on any atom is 0.167 e. The molecule has 0 bridgehead atoms. The van der Waals surface area contributed by atoms with Crippen molar-refractivity contribution in [3.05, 3.63) is 29.3 Å². The van der Waals surface area contributed by atoms with Crippen LogP contribution in [-0.2, 0) is 5.67 Å². The van der Waals surface area contributed by atoms with E-state index in [9.17, 15) is 9.18 Å². The minimum absolute atomic E-state index is 0.129.